The van der Waals surface area contributed by atoms with Crippen LogP contribution in [0.2, 0.25) is 0 Å². The zero-order valence-corrected chi connectivity index (χ0v) is 27.1. The van der Waals surface area contributed by atoms with Crippen LogP contribution in [0, 0.1) is 17.9 Å². The smallest absolute Gasteiger partial charge is 0.225 e. The zero-order valence-electron chi connectivity index (χ0n) is 24.7. The maximum atomic E-state index is 11.6. The summed E-state index contributed by atoms with van der Waals surface area (Å²) in [5.74, 6) is 1.77. The molecule has 3 aromatic carbocycles. The molecule has 4 rings (SSSR count). The van der Waals surface area contributed by atoms with Crippen molar-refractivity contribution in [2.45, 2.75) is 73.1 Å². The van der Waals surface area contributed by atoms with Crippen molar-refractivity contribution in [2.24, 2.45) is 11.8 Å². The van der Waals surface area contributed by atoms with Crippen LogP contribution in [0.3, 0.4) is 0 Å². The van der Waals surface area contributed by atoms with E-state index in [9.17, 15) is 9.90 Å². The number of carbonyl (C=O) groups is 1. The Morgan fingerprint density at radius 1 is 1.00 bits per heavy atom. The van der Waals surface area contributed by atoms with Gasteiger partial charge in [-0.05, 0) is 46.9 Å². The number of fused-ring (bicyclic) bond motifs is 3. The first-order chi connectivity index (χ1) is 18.6. The Morgan fingerprint density at radius 3 is 2.33 bits per heavy atom. The van der Waals surface area contributed by atoms with Crippen LogP contribution < -0.4 is 4.74 Å². The molecule has 0 aliphatic carbocycles. The maximum Gasteiger partial charge on any atom is 0.225 e. The maximum absolute atomic E-state index is 11.6. The standard InChI is InChI=1S/C23H20NO.C12H22O2.Ir/c1-23(2,3)18-8-6-9-19(15-18)25-22-21-17(13-14-24-22)12-11-16-7-4-5-10-20(16)21;1-5-9(4)11(13)8-12(14)10(6-2)7-3;/h4-8,10-15H,1-3H3;8-10,13H,5-7H2,1-4H3;/q-1;;/b;11-8-;. The van der Waals surface area contributed by atoms with E-state index >= 15 is 0 Å². The molecule has 40 heavy (non-hydrogen) atoms. The monoisotopic (exact) mass is 717 g/mol. The van der Waals surface area contributed by atoms with E-state index in [2.05, 4.69) is 62.2 Å². The van der Waals surface area contributed by atoms with E-state index in [0.29, 0.717) is 11.6 Å². The molecule has 1 N–H and O–H groups in total. The number of aliphatic hydroxyl groups is 1. The fourth-order valence-electron chi connectivity index (χ4n) is 4.37. The van der Waals surface area contributed by atoms with Crippen molar-refractivity contribution < 1.29 is 34.7 Å². The van der Waals surface area contributed by atoms with Crippen molar-refractivity contribution in [3.63, 3.8) is 0 Å². The Labute approximate surface area is 253 Å². The first kappa shape index (κ1) is 33.2. The molecule has 0 fully saturated rings. The van der Waals surface area contributed by atoms with E-state index in [1.165, 1.54) is 17.0 Å². The Balaban J connectivity index is 0.000000323. The Morgan fingerprint density at radius 2 is 1.68 bits per heavy atom. The molecule has 1 unspecified atom stereocenters. The zero-order chi connectivity index (χ0) is 28.6. The number of benzene rings is 3. The van der Waals surface area contributed by atoms with Crippen molar-refractivity contribution in [3.05, 3.63) is 90.3 Å². The third kappa shape index (κ3) is 8.49. The molecule has 0 amide bonds. The molecular formula is C35H42IrNO3-. The molecule has 5 heteroatoms. The summed E-state index contributed by atoms with van der Waals surface area (Å²) in [7, 11) is 0. The minimum Gasteiger partial charge on any atom is -0.512 e. The van der Waals surface area contributed by atoms with Crippen molar-refractivity contribution in [1.82, 2.24) is 4.98 Å². The van der Waals surface area contributed by atoms with E-state index in [1.54, 1.807) is 6.20 Å². The van der Waals surface area contributed by atoms with Gasteiger partial charge in [-0.15, -0.1) is 17.7 Å². The van der Waals surface area contributed by atoms with Crippen molar-refractivity contribution in [3.8, 4) is 11.6 Å². The van der Waals surface area contributed by atoms with Gasteiger partial charge >= 0.3 is 0 Å². The Hall–Kier alpha value is -3.01. The molecule has 0 spiro atoms. The number of ether oxygens (including phenoxy) is 1. The summed E-state index contributed by atoms with van der Waals surface area (Å²) in [5, 5.41) is 14.1. The number of pyridine rings is 1. The van der Waals surface area contributed by atoms with Gasteiger partial charge < -0.3 is 9.84 Å². The molecule has 1 radical (unpaired) electrons. The number of allylic oxidation sites excluding steroid dienone is 2. The summed E-state index contributed by atoms with van der Waals surface area (Å²) in [4.78, 5) is 16.1. The first-order valence-electron chi connectivity index (χ1n) is 14.0. The third-order valence-corrected chi connectivity index (χ3v) is 7.26. The van der Waals surface area contributed by atoms with E-state index in [4.69, 9.17) is 4.74 Å². The molecule has 4 nitrogen and oxygen atoms in total. The quantitative estimate of drug-likeness (QED) is 0.0854. The Bertz CT molecular complexity index is 1430. The molecule has 1 atom stereocenters. The average Bonchev–Trinajstić information content (AvgIpc) is 2.93. The van der Waals surface area contributed by atoms with Gasteiger partial charge in [-0.25, -0.2) is 4.98 Å². The van der Waals surface area contributed by atoms with Gasteiger partial charge in [0.2, 0.25) is 5.88 Å². The molecule has 1 aromatic heterocycles. The number of hydrogen-bond acceptors (Lipinski definition) is 4. The van der Waals surface area contributed by atoms with E-state index in [-0.39, 0.29) is 48.9 Å². The topological polar surface area (TPSA) is 59.4 Å². The van der Waals surface area contributed by atoms with Gasteiger partial charge in [-0.2, -0.15) is 12.1 Å². The van der Waals surface area contributed by atoms with Crippen molar-refractivity contribution in [2.75, 3.05) is 0 Å². The predicted octanol–water partition coefficient (Wildman–Crippen LogP) is 9.76. The minimum atomic E-state index is 0. The Kier molecular flexibility index (Phi) is 12.5. The second kappa shape index (κ2) is 15.1. The van der Waals surface area contributed by atoms with Gasteiger partial charge in [0.05, 0.1) is 11.1 Å². The van der Waals surface area contributed by atoms with E-state index in [0.717, 1.165) is 35.4 Å². The number of ketones is 1. The SMILES string of the molecule is CC(C)(C)c1cc[c-]c(Oc2nccc3ccc4ccccc4c23)c1.CCC(CC)C(=O)/C=C(\O)C(C)CC.[Ir]. The molecule has 0 saturated heterocycles. The largest absolute Gasteiger partial charge is 0.512 e. The molecule has 1 heterocycles. The summed E-state index contributed by atoms with van der Waals surface area (Å²) in [6.45, 7) is 14.5. The summed E-state index contributed by atoms with van der Waals surface area (Å²) in [6.07, 6.45) is 5.75. The minimum absolute atomic E-state index is 0. The van der Waals surface area contributed by atoms with Crippen LogP contribution in [-0.4, -0.2) is 15.9 Å². The third-order valence-electron chi connectivity index (χ3n) is 7.26. The number of carbonyl (C=O) groups excluding carboxylic acids is 1. The van der Waals surface area contributed by atoms with Crippen LogP contribution in [0.15, 0.2) is 78.7 Å². The van der Waals surface area contributed by atoms with E-state index in [1.807, 2.05) is 58.0 Å². The van der Waals surface area contributed by atoms with Crippen LogP contribution in [0.1, 0.15) is 73.3 Å². The number of aliphatic hydroxyl groups excluding tert-OH is 1. The molecule has 0 aliphatic rings. The first-order valence-corrected chi connectivity index (χ1v) is 14.0. The van der Waals surface area contributed by atoms with Crippen molar-refractivity contribution >= 4 is 27.3 Å². The van der Waals surface area contributed by atoms with Crippen LogP contribution in [0.4, 0.5) is 0 Å². The normalized spacial score (nSPS) is 12.4. The van der Waals surface area contributed by atoms with Crippen LogP contribution in [-0.2, 0) is 30.3 Å². The van der Waals surface area contributed by atoms with Crippen LogP contribution in [0.5, 0.6) is 11.6 Å². The fraction of sp³-hybridized carbons (Fsp3) is 0.371. The van der Waals surface area contributed by atoms with E-state index < -0.39 is 0 Å². The second-order valence-electron chi connectivity index (χ2n) is 11.1. The molecule has 0 saturated carbocycles. The second-order valence-corrected chi connectivity index (χ2v) is 11.1. The van der Waals surface area contributed by atoms with Gasteiger partial charge in [0.15, 0.2) is 5.78 Å². The van der Waals surface area contributed by atoms with Gasteiger partial charge in [0, 0.05) is 50.0 Å². The molecule has 4 aromatic rings. The average molecular weight is 717 g/mol. The molecule has 0 bridgehead atoms. The van der Waals surface area contributed by atoms with Gasteiger partial charge in [0.1, 0.15) is 0 Å². The van der Waals surface area contributed by atoms with Gasteiger partial charge in [-0.3, -0.25) is 4.79 Å². The van der Waals surface area contributed by atoms with Gasteiger partial charge in [-0.1, -0.05) is 84.9 Å². The summed E-state index contributed by atoms with van der Waals surface area (Å²) in [5.41, 5.74) is 1.28. The number of hydrogen-bond donors (Lipinski definition) is 1. The molecule has 215 valence electrons. The number of rotatable bonds is 8. The fourth-order valence-corrected chi connectivity index (χ4v) is 4.37. The van der Waals surface area contributed by atoms with Crippen LogP contribution >= 0.6 is 0 Å². The summed E-state index contributed by atoms with van der Waals surface area (Å²) < 4.78 is 6.17. The summed E-state index contributed by atoms with van der Waals surface area (Å²) >= 11 is 0. The van der Waals surface area contributed by atoms with Crippen LogP contribution in [0.25, 0.3) is 21.5 Å². The predicted molar refractivity (Wildman–Crippen MR) is 163 cm³/mol. The summed E-state index contributed by atoms with van der Waals surface area (Å²) in [6, 6.07) is 23.8. The van der Waals surface area contributed by atoms with Gasteiger partial charge in [0.25, 0.3) is 0 Å². The number of aromatic nitrogens is 1. The van der Waals surface area contributed by atoms with Crippen molar-refractivity contribution in [1.29, 1.82) is 0 Å². The molecule has 0 aliphatic heterocycles. The molecular weight excluding hydrogens is 675 g/mol. The number of nitrogens with zero attached hydrogens (tertiary/aromatic N) is 1.